The number of carbonyl (C=O) groups is 1. The van der Waals surface area contributed by atoms with E-state index in [1.807, 2.05) is 53.4 Å². The minimum absolute atomic E-state index is 0.0606. The van der Waals surface area contributed by atoms with Gasteiger partial charge in [-0.2, -0.15) is 0 Å². The van der Waals surface area contributed by atoms with Gasteiger partial charge in [0.1, 0.15) is 5.75 Å². The van der Waals surface area contributed by atoms with Gasteiger partial charge < -0.3 is 15.0 Å². The van der Waals surface area contributed by atoms with Crippen LogP contribution in [-0.4, -0.2) is 24.1 Å². The van der Waals surface area contributed by atoms with E-state index in [1.165, 1.54) is 0 Å². The van der Waals surface area contributed by atoms with Crippen LogP contribution in [0, 0.1) is 0 Å². The Hall–Kier alpha value is -2.49. The first-order valence-electron chi connectivity index (χ1n) is 8.12. The van der Waals surface area contributed by atoms with Gasteiger partial charge in [-0.25, -0.2) is 4.79 Å². The number of hydrogen-bond acceptors (Lipinski definition) is 2. The summed E-state index contributed by atoms with van der Waals surface area (Å²) in [6.45, 7) is 4.16. The number of carbonyl (C=O) groups excluding carboxylic acids is 1. The highest BCUT2D eigenvalue weighted by Gasteiger charge is 2.16. The van der Waals surface area contributed by atoms with E-state index in [2.05, 4.69) is 12.2 Å². The van der Waals surface area contributed by atoms with E-state index in [-0.39, 0.29) is 6.03 Å². The maximum absolute atomic E-state index is 12.6. The Labute approximate surface area is 137 Å². The zero-order chi connectivity index (χ0) is 16.1. The number of hydrogen-bond donors (Lipinski definition) is 1. The second-order valence-corrected chi connectivity index (χ2v) is 5.76. The molecule has 1 heterocycles. The summed E-state index contributed by atoms with van der Waals surface area (Å²) in [4.78, 5) is 14.4. The molecule has 1 aliphatic heterocycles. The summed E-state index contributed by atoms with van der Waals surface area (Å²) in [5, 5.41) is 3.01. The molecule has 0 saturated carbocycles. The van der Waals surface area contributed by atoms with Gasteiger partial charge in [-0.3, -0.25) is 0 Å². The summed E-state index contributed by atoms with van der Waals surface area (Å²) in [5.74, 6) is 0.928. The van der Waals surface area contributed by atoms with Crippen LogP contribution in [0.15, 0.2) is 48.5 Å². The van der Waals surface area contributed by atoms with Crippen molar-refractivity contribution in [1.82, 2.24) is 4.90 Å². The quantitative estimate of drug-likeness (QED) is 0.904. The highest BCUT2D eigenvalue weighted by molar-refractivity contribution is 5.89. The van der Waals surface area contributed by atoms with Gasteiger partial charge in [-0.1, -0.05) is 37.3 Å². The van der Waals surface area contributed by atoms with Gasteiger partial charge in [-0.05, 0) is 35.7 Å². The van der Waals surface area contributed by atoms with Gasteiger partial charge in [0, 0.05) is 25.2 Å². The van der Waals surface area contributed by atoms with E-state index in [9.17, 15) is 4.79 Å². The van der Waals surface area contributed by atoms with Crippen molar-refractivity contribution in [2.24, 2.45) is 0 Å². The molecule has 1 N–H and O–H groups in total. The molecule has 120 valence electrons. The molecule has 0 atom stereocenters. The molecule has 0 unspecified atom stereocenters. The Morgan fingerprint density at radius 2 is 2.04 bits per heavy atom. The van der Waals surface area contributed by atoms with Crippen molar-refractivity contribution in [3.05, 3.63) is 59.7 Å². The first kappa shape index (κ1) is 15.4. The Morgan fingerprint density at radius 3 is 2.83 bits per heavy atom. The molecule has 4 nitrogen and oxygen atoms in total. The van der Waals surface area contributed by atoms with E-state index >= 15 is 0 Å². The number of ether oxygens (including phenoxy) is 1. The molecule has 4 heteroatoms. The number of amides is 2. The first-order valence-corrected chi connectivity index (χ1v) is 8.12. The number of rotatable bonds is 5. The molecule has 3 rings (SSSR count). The zero-order valence-corrected chi connectivity index (χ0v) is 13.4. The van der Waals surface area contributed by atoms with Crippen molar-refractivity contribution in [2.45, 2.75) is 26.3 Å². The molecule has 0 saturated heterocycles. The van der Waals surface area contributed by atoms with Gasteiger partial charge >= 0.3 is 6.03 Å². The summed E-state index contributed by atoms with van der Waals surface area (Å²) in [7, 11) is 0. The fourth-order valence-electron chi connectivity index (χ4n) is 2.79. The van der Waals surface area contributed by atoms with Gasteiger partial charge in [0.05, 0.1) is 6.61 Å². The summed E-state index contributed by atoms with van der Waals surface area (Å²) < 4.78 is 5.50. The monoisotopic (exact) mass is 310 g/mol. The van der Waals surface area contributed by atoms with Crippen LogP contribution < -0.4 is 10.1 Å². The molecule has 0 aliphatic carbocycles. The van der Waals surface area contributed by atoms with E-state index < -0.39 is 0 Å². The van der Waals surface area contributed by atoms with Gasteiger partial charge in [-0.15, -0.1) is 0 Å². The molecule has 0 radical (unpaired) electrons. The Balaban J connectivity index is 1.68. The fraction of sp³-hybridized carbons (Fsp3) is 0.316. The Bertz CT molecular complexity index is 670. The highest BCUT2D eigenvalue weighted by Crippen LogP contribution is 2.28. The number of benzene rings is 2. The predicted octanol–water partition coefficient (Wildman–Crippen LogP) is 4.07. The molecule has 1 aliphatic rings. The van der Waals surface area contributed by atoms with Crippen LogP contribution >= 0.6 is 0 Å². The highest BCUT2D eigenvalue weighted by atomic mass is 16.5. The zero-order valence-electron chi connectivity index (χ0n) is 13.4. The first-order chi connectivity index (χ1) is 11.3. The van der Waals surface area contributed by atoms with Gasteiger partial charge in [0.15, 0.2) is 0 Å². The van der Waals surface area contributed by atoms with Crippen LogP contribution in [0.1, 0.15) is 24.5 Å². The minimum atomic E-state index is -0.0606. The lowest BCUT2D eigenvalue weighted by Crippen LogP contribution is -2.35. The van der Waals surface area contributed by atoms with Gasteiger partial charge in [0.25, 0.3) is 0 Å². The van der Waals surface area contributed by atoms with Crippen molar-refractivity contribution in [3.63, 3.8) is 0 Å². The second kappa shape index (κ2) is 7.18. The number of anilines is 1. The van der Waals surface area contributed by atoms with Crippen molar-refractivity contribution < 1.29 is 9.53 Å². The predicted molar refractivity (Wildman–Crippen MR) is 91.8 cm³/mol. The van der Waals surface area contributed by atoms with Crippen molar-refractivity contribution >= 4 is 11.7 Å². The molecule has 0 spiro atoms. The SMILES string of the molecule is CCCN(Cc1ccccc1)C(=O)Nc1ccc2c(c1)CCO2. The van der Waals surface area contributed by atoms with Crippen LogP contribution in [0.5, 0.6) is 5.75 Å². The molecular formula is C19H22N2O2. The number of nitrogens with one attached hydrogen (secondary N) is 1. The fourth-order valence-corrected chi connectivity index (χ4v) is 2.79. The maximum Gasteiger partial charge on any atom is 0.322 e. The molecule has 2 aromatic carbocycles. The summed E-state index contributed by atoms with van der Waals surface area (Å²) >= 11 is 0. The van der Waals surface area contributed by atoms with Crippen LogP contribution in [0.4, 0.5) is 10.5 Å². The van der Waals surface area contributed by atoms with E-state index in [4.69, 9.17) is 4.74 Å². The number of urea groups is 1. The van der Waals surface area contributed by atoms with Gasteiger partial charge in [0.2, 0.25) is 0 Å². The average molecular weight is 310 g/mol. The summed E-state index contributed by atoms with van der Waals surface area (Å²) in [6.07, 6.45) is 1.83. The molecule has 0 aromatic heterocycles. The third kappa shape index (κ3) is 3.83. The number of fused-ring (bicyclic) bond motifs is 1. The van der Waals surface area contributed by atoms with Crippen LogP contribution in [0.2, 0.25) is 0 Å². The lowest BCUT2D eigenvalue weighted by molar-refractivity contribution is 0.209. The average Bonchev–Trinajstić information content (AvgIpc) is 3.03. The molecule has 0 bridgehead atoms. The smallest absolute Gasteiger partial charge is 0.322 e. The molecule has 2 aromatic rings. The lowest BCUT2D eigenvalue weighted by atomic mass is 10.1. The van der Waals surface area contributed by atoms with Crippen LogP contribution in [-0.2, 0) is 13.0 Å². The summed E-state index contributed by atoms with van der Waals surface area (Å²) in [5.41, 5.74) is 3.12. The van der Waals surface area contributed by atoms with E-state index in [0.29, 0.717) is 6.54 Å². The topological polar surface area (TPSA) is 41.6 Å². The van der Waals surface area contributed by atoms with Crippen LogP contribution in [0.3, 0.4) is 0 Å². The van der Waals surface area contributed by atoms with Crippen molar-refractivity contribution in [2.75, 3.05) is 18.5 Å². The molecule has 2 amide bonds. The van der Waals surface area contributed by atoms with E-state index in [1.54, 1.807) is 0 Å². The normalized spacial score (nSPS) is 12.4. The minimum Gasteiger partial charge on any atom is -0.493 e. The summed E-state index contributed by atoms with van der Waals surface area (Å²) in [6, 6.07) is 15.8. The van der Waals surface area contributed by atoms with Crippen LogP contribution in [0.25, 0.3) is 0 Å². The Kier molecular flexibility index (Phi) is 4.81. The second-order valence-electron chi connectivity index (χ2n) is 5.76. The largest absolute Gasteiger partial charge is 0.493 e. The van der Waals surface area contributed by atoms with E-state index in [0.717, 1.165) is 48.6 Å². The lowest BCUT2D eigenvalue weighted by Gasteiger charge is -2.23. The molecule has 23 heavy (non-hydrogen) atoms. The van der Waals surface area contributed by atoms with Crippen molar-refractivity contribution in [3.8, 4) is 5.75 Å². The Morgan fingerprint density at radius 1 is 1.22 bits per heavy atom. The molecular weight excluding hydrogens is 288 g/mol. The third-order valence-corrected chi connectivity index (χ3v) is 3.94. The maximum atomic E-state index is 12.6. The number of nitrogens with zero attached hydrogens (tertiary/aromatic N) is 1. The standard InChI is InChI=1S/C19H22N2O2/c1-2-11-21(14-15-6-4-3-5-7-15)19(22)20-17-8-9-18-16(13-17)10-12-23-18/h3-9,13H,2,10-12,14H2,1H3,(H,20,22). The third-order valence-electron chi connectivity index (χ3n) is 3.94. The molecule has 0 fully saturated rings. The van der Waals surface area contributed by atoms with Crippen molar-refractivity contribution in [1.29, 1.82) is 0 Å².